The highest BCUT2D eigenvalue weighted by Gasteiger charge is 2.21. The number of rotatable bonds is 5. The summed E-state index contributed by atoms with van der Waals surface area (Å²) in [6.45, 7) is 5.99. The summed E-state index contributed by atoms with van der Waals surface area (Å²) in [5.74, 6) is 0.0339. The van der Waals surface area contributed by atoms with Crippen LogP contribution in [0.1, 0.15) is 11.4 Å². The number of benzene rings is 2. The minimum atomic E-state index is -0.546. The zero-order valence-electron chi connectivity index (χ0n) is 16.5. The summed E-state index contributed by atoms with van der Waals surface area (Å²) >= 11 is 0. The smallest absolute Gasteiger partial charge is 0.261 e. The summed E-state index contributed by atoms with van der Waals surface area (Å²) in [6, 6.07) is 15.6. The highest BCUT2D eigenvalue weighted by atomic mass is 16.2. The molecular formula is C22H25N5O2. The Bertz CT molecular complexity index is 1100. The minimum absolute atomic E-state index is 0.158. The monoisotopic (exact) mass is 391 g/mol. The van der Waals surface area contributed by atoms with Gasteiger partial charge in [-0.2, -0.15) is 0 Å². The zero-order chi connectivity index (χ0) is 20.4. The lowest BCUT2D eigenvalue weighted by molar-refractivity contribution is -0.118. The van der Waals surface area contributed by atoms with Gasteiger partial charge in [-0.15, -0.1) is 0 Å². The van der Waals surface area contributed by atoms with Gasteiger partial charge < -0.3 is 10.6 Å². The van der Waals surface area contributed by atoms with Crippen molar-refractivity contribution in [2.45, 2.75) is 20.0 Å². The number of hydrogen-bond acceptors (Lipinski definition) is 5. The van der Waals surface area contributed by atoms with E-state index >= 15 is 0 Å². The fourth-order valence-electron chi connectivity index (χ4n) is 3.92. The fourth-order valence-corrected chi connectivity index (χ4v) is 3.92. The maximum Gasteiger partial charge on any atom is 0.261 e. The van der Waals surface area contributed by atoms with Crippen LogP contribution in [0.25, 0.3) is 10.9 Å². The molecular weight excluding hydrogens is 366 g/mol. The number of para-hydroxylation sites is 2. The van der Waals surface area contributed by atoms with E-state index in [0.29, 0.717) is 23.3 Å². The van der Waals surface area contributed by atoms with Gasteiger partial charge in [0.25, 0.3) is 5.56 Å². The van der Waals surface area contributed by atoms with Crippen molar-refractivity contribution in [3.63, 3.8) is 0 Å². The van der Waals surface area contributed by atoms with Crippen molar-refractivity contribution in [1.82, 2.24) is 14.5 Å². The molecule has 1 saturated heterocycles. The Morgan fingerprint density at radius 1 is 1.03 bits per heavy atom. The van der Waals surface area contributed by atoms with Gasteiger partial charge in [-0.1, -0.05) is 30.3 Å². The van der Waals surface area contributed by atoms with E-state index < -0.39 is 5.91 Å². The van der Waals surface area contributed by atoms with Gasteiger partial charge in [-0.25, -0.2) is 4.98 Å². The molecule has 3 aromatic rings. The van der Waals surface area contributed by atoms with E-state index in [1.54, 1.807) is 12.1 Å². The summed E-state index contributed by atoms with van der Waals surface area (Å²) < 4.78 is 1.42. The van der Waals surface area contributed by atoms with Gasteiger partial charge in [-0.05, 0) is 30.7 Å². The first-order chi connectivity index (χ1) is 14.0. The molecule has 1 aromatic heterocycles. The van der Waals surface area contributed by atoms with Gasteiger partial charge in [0.2, 0.25) is 5.91 Å². The molecule has 2 N–H and O–H groups in total. The van der Waals surface area contributed by atoms with E-state index in [1.165, 1.54) is 15.8 Å². The number of nitrogens with two attached hydrogens (primary N) is 1. The lowest BCUT2D eigenvalue weighted by atomic mass is 10.1. The Hall–Kier alpha value is -3.19. The van der Waals surface area contributed by atoms with Crippen molar-refractivity contribution < 1.29 is 4.79 Å². The molecule has 0 unspecified atom stereocenters. The molecule has 1 fully saturated rings. The highest BCUT2D eigenvalue weighted by Crippen LogP contribution is 2.21. The molecule has 0 bridgehead atoms. The Morgan fingerprint density at radius 2 is 1.72 bits per heavy atom. The highest BCUT2D eigenvalue weighted by molar-refractivity contribution is 5.78. The van der Waals surface area contributed by atoms with Gasteiger partial charge in [-0.3, -0.25) is 19.1 Å². The summed E-state index contributed by atoms with van der Waals surface area (Å²) in [5, 5.41) is 0.502. The molecule has 29 heavy (non-hydrogen) atoms. The van der Waals surface area contributed by atoms with E-state index in [9.17, 15) is 9.59 Å². The molecule has 2 heterocycles. The third kappa shape index (κ3) is 4.00. The van der Waals surface area contributed by atoms with E-state index in [4.69, 9.17) is 5.73 Å². The number of fused-ring (bicyclic) bond motifs is 1. The number of aryl methyl sites for hydroxylation is 1. The van der Waals surface area contributed by atoms with E-state index in [-0.39, 0.29) is 12.1 Å². The molecule has 1 aliphatic rings. The Morgan fingerprint density at radius 3 is 2.45 bits per heavy atom. The van der Waals surface area contributed by atoms with E-state index in [1.807, 2.05) is 12.1 Å². The molecule has 0 aliphatic carbocycles. The summed E-state index contributed by atoms with van der Waals surface area (Å²) in [4.78, 5) is 33.8. The largest absolute Gasteiger partial charge is 0.369 e. The minimum Gasteiger partial charge on any atom is -0.369 e. The molecule has 1 aliphatic heterocycles. The number of carbonyl (C=O) groups is 1. The zero-order valence-corrected chi connectivity index (χ0v) is 16.5. The van der Waals surface area contributed by atoms with Crippen molar-refractivity contribution in [3.8, 4) is 0 Å². The van der Waals surface area contributed by atoms with Crippen LogP contribution in [-0.2, 0) is 17.9 Å². The maximum atomic E-state index is 12.9. The van der Waals surface area contributed by atoms with Crippen LogP contribution < -0.4 is 16.2 Å². The molecule has 4 rings (SSSR count). The van der Waals surface area contributed by atoms with E-state index in [2.05, 4.69) is 46.0 Å². The number of hydrogen-bond donors (Lipinski definition) is 1. The lowest BCUT2D eigenvalue weighted by Gasteiger charge is -2.36. The van der Waals surface area contributed by atoms with Gasteiger partial charge in [0.15, 0.2) is 0 Å². The van der Waals surface area contributed by atoms with Gasteiger partial charge in [0.1, 0.15) is 12.4 Å². The van der Waals surface area contributed by atoms with Crippen LogP contribution in [0, 0.1) is 6.92 Å². The van der Waals surface area contributed by atoms with Gasteiger partial charge >= 0.3 is 0 Å². The maximum absolute atomic E-state index is 12.9. The Balaban J connectivity index is 1.56. The van der Waals surface area contributed by atoms with Gasteiger partial charge in [0, 0.05) is 31.9 Å². The second-order valence-corrected chi connectivity index (χ2v) is 7.45. The number of primary amides is 1. The van der Waals surface area contributed by atoms with E-state index in [0.717, 1.165) is 26.2 Å². The van der Waals surface area contributed by atoms with Crippen molar-refractivity contribution in [2.75, 3.05) is 31.1 Å². The van der Waals surface area contributed by atoms with Crippen LogP contribution in [0.4, 0.5) is 5.69 Å². The molecule has 7 heteroatoms. The van der Waals surface area contributed by atoms with Crippen molar-refractivity contribution in [1.29, 1.82) is 0 Å². The first kappa shape index (κ1) is 19.1. The van der Waals surface area contributed by atoms with Crippen molar-refractivity contribution >= 4 is 22.5 Å². The first-order valence-corrected chi connectivity index (χ1v) is 9.82. The summed E-state index contributed by atoms with van der Waals surface area (Å²) in [5.41, 5.74) is 8.35. The molecule has 0 spiro atoms. The molecule has 0 atom stereocenters. The predicted molar refractivity (Wildman–Crippen MR) is 114 cm³/mol. The second kappa shape index (κ2) is 8.05. The van der Waals surface area contributed by atoms with Crippen LogP contribution in [0.3, 0.4) is 0 Å². The molecule has 0 saturated carbocycles. The van der Waals surface area contributed by atoms with Gasteiger partial charge in [0.05, 0.1) is 17.4 Å². The van der Waals surface area contributed by atoms with Crippen LogP contribution in [-0.4, -0.2) is 46.5 Å². The SMILES string of the molecule is Cc1ccccc1N1CCN(Cc2nc3ccccc3c(=O)n2CC(N)=O)CC1. The van der Waals surface area contributed by atoms with Crippen LogP contribution in [0.5, 0.6) is 0 Å². The summed E-state index contributed by atoms with van der Waals surface area (Å²) in [6.07, 6.45) is 0. The number of carbonyl (C=O) groups excluding carboxylic acids is 1. The molecule has 150 valence electrons. The molecule has 0 radical (unpaired) electrons. The lowest BCUT2D eigenvalue weighted by Crippen LogP contribution is -2.47. The third-order valence-corrected chi connectivity index (χ3v) is 5.45. The number of nitrogens with zero attached hydrogens (tertiary/aromatic N) is 4. The number of anilines is 1. The van der Waals surface area contributed by atoms with Crippen LogP contribution in [0.15, 0.2) is 53.3 Å². The topological polar surface area (TPSA) is 84.5 Å². The average molecular weight is 391 g/mol. The average Bonchev–Trinajstić information content (AvgIpc) is 2.72. The van der Waals surface area contributed by atoms with Crippen molar-refractivity contribution in [3.05, 3.63) is 70.3 Å². The van der Waals surface area contributed by atoms with Crippen LogP contribution >= 0.6 is 0 Å². The Labute approximate surface area is 169 Å². The molecule has 7 nitrogen and oxygen atoms in total. The number of aromatic nitrogens is 2. The standard InChI is InChI=1S/C22H25N5O2/c1-16-6-2-5-9-19(16)26-12-10-25(11-13-26)15-21-24-18-8-4-3-7-17(18)22(29)27(21)14-20(23)28/h2-9H,10-15H2,1H3,(H2,23,28). The van der Waals surface area contributed by atoms with Crippen LogP contribution in [0.2, 0.25) is 0 Å². The second-order valence-electron chi connectivity index (χ2n) is 7.45. The quantitative estimate of drug-likeness (QED) is 0.713. The number of amides is 1. The molecule has 2 aromatic carbocycles. The predicted octanol–water partition coefficient (Wildman–Crippen LogP) is 1.51. The first-order valence-electron chi connectivity index (χ1n) is 9.82. The number of piperazine rings is 1. The normalized spacial score (nSPS) is 15.0. The summed E-state index contributed by atoms with van der Waals surface area (Å²) in [7, 11) is 0. The fraction of sp³-hybridized carbons (Fsp3) is 0.318. The molecule has 1 amide bonds. The third-order valence-electron chi connectivity index (χ3n) is 5.45. The van der Waals surface area contributed by atoms with Crippen molar-refractivity contribution in [2.24, 2.45) is 5.73 Å². The Kier molecular flexibility index (Phi) is 5.31.